The van der Waals surface area contributed by atoms with Gasteiger partial charge in [0.2, 0.25) is 0 Å². The number of ketones is 1. The van der Waals surface area contributed by atoms with Crippen molar-refractivity contribution in [3.05, 3.63) is 33.7 Å². The highest BCUT2D eigenvalue weighted by Gasteiger charge is 2.29. The maximum atomic E-state index is 12.2. The maximum absolute atomic E-state index is 12.2. The molecule has 1 aromatic carbocycles. The number of rotatable bonds is 1. The number of carbonyl (C=O) groups is 1. The summed E-state index contributed by atoms with van der Waals surface area (Å²) in [5.74, 6) is -0.0489. The number of hydrogen-bond acceptors (Lipinski definition) is 5. The molecular formula is C14H11ClO5. The molecule has 104 valence electrons. The molecule has 0 saturated heterocycles. The number of fused-ring (bicyclic) bond motifs is 3. The molecule has 0 spiro atoms. The number of phenols is 1. The van der Waals surface area contributed by atoms with Crippen LogP contribution in [0, 0.1) is 0 Å². The molecule has 5 nitrogen and oxygen atoms in total. The van der Waals surface area contributed by atoms with Gasteiger partial charge in [0.15, 0.2) is 11.4 Å². The van der Waals surface area contributed by atoms with Gasteiger partial charge in [-0.2, -0.15) is 0 Å². The zero-order valence-electron chi connectivity index (χ0n) is 10.6. The van der Waals surface area contributed by atoms with Crippen LogP contribution in [0.25, 0.3) is 11.0 Å². The summed E-state index contributed by atoms with van der Waals surface area (Å²) in [5.41, 5.74) is 0.0389. The molecule has 6 heteroatoms. The lowest BCUT2D eigenvalue weighted by Crippen LogP contribution is -2.24. The van der Waals surface area contributed by atoms with E-state index in [1.54, 1.807) is 6.92 Å². The summed E-state index contributed by atoms with van der Waals surface area (Å²) in [6, 6.07) is 2.57. The summed E-state index contributed by atoms with van der Waals surface area (Å²) in [6.07, 6.45) is -0.0865. The monoisotopic (exact) mass is 294 g/mol. The Hall–Kier alpha value is -2.01. The molecule has 1 atom stereocenters. The first kappa shape index (κ1) is 13.0. The minimum atomic E-state index is -0.618. The summed E-state index contributed by atoms with van der Waals surface area (Å²) in [4.78, 5) is 23.7. The van der Waals surface area contributed by atoms with Gasteiger partial charge in [0.1, 0.15) is 23.2 Å². The van der Waals surface area contributed by atoms with E-state index in [0.717, 1.165) is 0 Å². The van der Waals surface area contributed by atoms with Crippen LogP contribution in [0.5, 0.6) is 11.5 Å². The van der Waals surface area contributed by atoms with Crippen LogP contribution >= 0.6 is 11.6 Å². The highest BCUT2D eigenvalue weighted by Crippen LogP contribution is 2.40. The number of alkyl halides is 1. The lowest BCUT2D eigenvalue weighted by atomic mass is 9.97. The third kappa shape index (κ3) is 1.86. The molecule has 0 radical (unpaired) electrons. The molecule has 2 heterocycles. The minimum absolute atomic E-state index is 0.0277. The third-order valence-electron chi connectivity index (χ3n) is 3.26. The van der Waals surface area contributed by atoms with Gasteiger partial charge in [0.25, 0.3) is 0 Å². The summed E-state index contributed by atoms with van der Waals surface area (Å²) in [5, 5.41) is 10.4. The number of benzene rings is 1. The topological polar surface area (TPSA) is 76.7 Å². The molecular weight excluding hydrogens is 284 g/mol. The van der Waals surface area contributed by atoms with Crippen molar-refractivity contribution in [2.24, 2.45) is 0 Å². The van der Waals surface area contributed by atoms with Gasteiger partial charge in [-0.25, -0.2) is 4.79 Å². The highest BCUT2D eigenvalue weighted by molar-refractivity contribution is 6.19. The third-order valence-corrected chi connectivity index (χ3v) is 3.55. The summed E-state index contributed by atoms with van der Waals surface area (Å²) < 4.78 is 10.6. The fraction of sp³-hybridized carbons (Fsp3) is 0.286. The first-order valence-electron chi connectivity index (χ1n) is 6.09. The number of Topliss-reactive ketones (excluding diaryl/α,β-unsaturated/α-hetero) is 1. The van der Waals surface area contributed by atoms with Crippen LogP contribution < -0.4 is 10.4 Å². The average Bonchev–Trinajstić information content (AvgIpc) is 2.36. The average molecular weight is 295 g/mol. The summed E-state index contributed by atoms with van der Waals surface area (Å²) in [7, 11) is 0. The predicted molar refractivity (Wildman–Crippen MR) is 72.7 cm³/mol. The SMILES string of the molecule is CC1CC(=O)c2c(cc(O)c3c(CCl)cc(=O)oc23)O1. The van der Waals surface area contributed by atoms with Crippen molar-refractivity contribution in [3.8, 4) is 11.5 Å². The minimum Gasteiger partial charge on any atom is -0.507 e. The van der Waals surface area contributed by atoms with E-state index in [2.05, 4.69) is 0 Å². The molecule has 1 aliphatic heterocycles. The van der Waals surface area contributed by atoms with E-state index in [1.165, 1.54) is 12.1 Å². The van der Waals surface area contributed by atoms with Crippen LogP contribution in [0.3, 0.4) is 0 Å². The van der Waals surface area contributed by atoms with Crippen LogP contribution in [-0.2, 0) is 5.88 Å². The molecule has 2 aromatic rings. The summed E-state index contributed by atoms with van der Waals surface area (Å²) in [6.45, 7) is 1.76. The van der Waals surface area contributed by atoms with E-state index in [1.807, 2.05) is 0 Å². The molecule has 1 unspecified atom stereocenters. The molecule has 20 heavy (non-hydrogen) atoms. The maximum Gasteiger partial charge on any atom is 0.336 e. The van der Waals surface area contributed by atoms with E-state index >= 15 is 0 Å². The molecule has 0 fully saturated rings. The van der Waals surface area contributed by atoms with Crippen LogP contribution in [0.4, 0.5) is 0 Å². The number of hydrogen-bond donors (Lipinski definition) is 1. The van der Waals surface area contributed by atoms with Gasteiger partial charge in [-0.15, -0.1) is 11.6 Å². The van der Waals surface area contributed by atoms with Gasteiger partial charge < -0.3 is 14.3 Å². The molecule has 0 amide bonds. The molecule has 1 aromatic heterocycles. The van der Waals surface area contributed by atoms with Crippen LogP contribution in [0.15, 0.2) is 21.3 Å². The lowest BCUT2D eigenvalue weighted by Gasteiger charge is -2.23. The Morgan fingerprint density at radius 2 is 2.15 bits per heavy atom. The van der Waals surface area contributed by atoms with Crippen molar-refractivity contribution >= 4 is 28.4 Å². The predicted octanol–water partition coefficient (Wildman–Crippen LogP) is 2.59. The largest absolute Gasteiger partial charge is 0.507 e. The summed E-state index contributed by atoms with van der Waals surface area (Å²) >= 11 is 5.78. The van der Waals surface area contributed by atoms with Gasteiger partial charge in [-0.1, -0.05) is 0 Å². The van der Waals surface area contributed by atoms with Crippen molar-refractivity contribution in [1.82, 2.24) is 0 Å². The van der Waals surface area contributed by atoms with E-state index in [0.29, 0.717) is 5.56 Å². The molecule has 3 rings (SSSR count). The Morgan fingerprint density at radius 3 is 2.85 bits per heavy atom. The number of halogens is 1. The molecule has 0 bridgehead atoms. The van der Waals surface area contributed by atoms with E-state index in [4.69, 9.17) is 20.8 Å². The number of ether oxygens (including phenoxy) is 1. The molecule has 1 aliphatic rings. The molecule has 1 N–H and O–H groups in total. The van der Waals surface area contributed by atoms with Crippen molar-refractivity contribution in [2.45, 2.75) is 25.3 Å². The van der Waals surface area contributed by atoms with E-state index < -0.39 is 5.63 Å². The van der Waals surface area contributed by atoms with E-state index in [-0.39, 0.29) is 52.2 Å². The Bertz CT molecular complexity index is 777. The second kappa shape index (κ2) is 4.52. The fourth-order valence-corrected chi connectivity index (χ4v) is 2.67. The first-order valence-corrected chi connectivity index (χ1v) is 6.63. The highest BCUT2D eigenvalue weighted by atomic mass is 35.5. The Balaban J connectivity index is 2.46. The number of aromatic hydroxyl groups is 1. The van der Waals surface area contributed by atoms with Crippen LogP contribution in [0.1, 0.15) is 29.3 Å². The van der Waals surface area contributed by atoms with Crippen LogP contribution in [0.2, 0.25) is 0 Å². The zero-order chi connectivity index (χ0) is 14.4. The first-order chi connectivity index (χ1) is 9.51. The molecule has 0 aliphatic carbocycles. The second-order valence-corrected chi connectivity index (χ2v) is 5.02. The smallest absolute Gasteiger partial charge is 0.336 e. The normalized spacial score (nSPS) is 17.9. The van der Waals surface area contributed by atoms with Crippen LogP contribution in [-0.4, -0.2) is 17.0 Å². The van der Waals surface area contributed by atoms with Gasteiger partial charge >= 0.3 is 5.63 Å². The second-order valence-electron chi connectivity index (χ2n) is 4.75. The van der Waals surface area contributed by atoms with Gasteiger partial charge in [-0.3, -0.25) is 4.79 Å². The fourth-order valence-electron chi connectivity index (χ4n) is 2.46. The molecule has 0 saturated carbocycles. The zero-order valence-corrected chi connectivity index (χ0v) is 11.4. The Kier molecular flexibility index (Phi) is 2.94. The number of phenolic OH excluding ortho intramolecular Hbond substituents is 1. The van der Waals surface area contributed by atoms with Gasteiger partial charge in [0.05, 0.1) is 5.39 Å². The Labute approximate surface area is 118 Å². The van der Waals surface area contributed by atoms with E-state index in [9.17, 15) is 14.7 Å². The Morgan fingerprint density at radius 1 is 1.40 bits per heavy atom. The quantitative estimate of drug-likeness (QED) is 0.646. The van der Waals surface area contributed by atoms with Crippen molar-refractivity contribution in [1.29, 1.82) is 0 Å². The lowest BCUT2D eigenvalue weighted by molar-refractivity contribution is 0.0871. The standard InChI is InChI=1S/C14H11ClO5/c1-6-2-8(16)13-10(19-6)4-9(17)12-7(5-15)3-11(18)20-14(12)13/h3-4,6,17H,2,5H2,1H3. The van der Waals surface area contributed by atoms with Gasteiger partial charge in [-0.05, 0) is 12.5 Å². The number of carbonyl (C=O) groups excluding carboxylic acids is 1. The van der Waals surface area contributed by atoms with Crippen molar-refractivity contribution < 1.29 is 19.1 Å². The van der Waals surface area contributed by atoms with Crippen molar-refractivity contribution in [2.75, 3.05) is 0 Å². The van der Waals surface area contributed by atoms with Gasteiger partial charge in [0, 0.05) is 24.4 Å². The van der Waals surface area contributed by atoms with Crippen molar-refractivity contribution in [3.63, 3.8) is 0 Å².